The van der Waals surface area contributed by atoms with Crippen molar-refractivity contribution in [1.82, 2.24) is 26.1 Å². The maximum absolute atomic E-state index is 13.0. The lowest BCUT2D eigenvalue weighted by molar-refractivity contribution is -0.152. The third-order valence-electron chi connectivity index (χ3n) is 10.6. The summed E-state index contributed by atoms with van der Waals surface area (Å²) in [6, 6.07) is 23.3. The molecule has 2 unspecified atom stereocenters. The van der Waals surface area contributed by atoms with E-state index in [1.165, 1.54) is 58.5 Å². The number of aromatic nitrogens is 2. The maximum Gasteiger partial charge on any atom is 0.341 e. The second-order valence-corrected chi connectivity index (χ2v) is 15.0. The number of ether oxygens (including phenoxy) is 2. The zero-order valence-corrected chi connectivity index (χ0v) is 33.8. The fraction of sp³-hybridized carbons (Fsp3) is 0.404. The zero-order chi connectivity index (χ0) is 40.5. The normalized spacial score (nSPS) is 16.3. The number of hydroxylamine groups is 1. The highest BCUT2D eigenvalue weighted by Gasteiger charge is 2.25. The molecule has 6 rings (SSSR count). The van der Waals surface area contributed by atoms with Gasteiger partial charge in [0.2, 0.25) is 12.0 Å². The first kappa shape index (κ1) is 42.1. The van der Waals surface area contributed by atoms with Gasteiger partial charge < -0.3 is 25.1 Å². The lowest BCUT2D eigenvalue weighted by Gasteiger charge is -2.09. The van der Waals surface area contributed by atoms with Gasteiger partial charge in [-0.1, -0.05) is 125 Å². The van der Waals surface area contributed by atoms with E-state index in [-0.39, 0.29) is 17.9 Å². The molecule has 0 aliphatic carbocycles. The smallest absolute Gasteiger partial charge is 0.341 e. The zero-order valence-electron chi connectivity index (χ0n) is 33.8. The van der Waals surface area contributed by atoms with Gasteiger partial charge in [0.05, 0.1) is 30.3 Å². The monoisotopic (exact) mass is 787 g/mol. The average Bonchev–Trinajstić information content (AvgIpc) is 4.07. The Bertz CT molecular complexity index is 2000. The average molecular weight is 788 g/mol. The number of methoxy groups -OCH3 is 1. The van der Waals surface area contributed by atoms with Crippen molar-refractivity contribution in [3.8, 4) is 33.9 Å². The van der Waals surface area contributed by atoms with E-state index in [0.29, 0.717) is 30.2 Å². The van der Waals surface area contributed by atoms with E-state index in [9.17, 15) is 14.4 Å². The highest BCUT2D eigenvalue weighted by atomic mass is 16.7. The summed E-state index contributed by atoms with van der Waals surface area (Å²) >= 11 is 0. The molecule has 306 valence electrons. The number of aromatic amines is 1. The standard InChI is InChI=1S/C47H57N5O6/c1-3-4-5-6-7-8-9-10-11-12-29-48-46(54)38-26-24-37(25-27-38)45-50-43(35-18-15-33(16-19-35)17-28-42(53)49-32-39-14-13-30-57-39)44(51-45)36-22-20-34(21-23-36)40-31-41(58-52-40)47(55)56-2/h15-28,31,39,41,52H,3-14,29-30,32H2,1-2H3,(H,48,54)(H,49,53)(H,50,51). The second kappa shape index (κ2) is 21.9. The molecule has 4 N–H and O–H groups in total. The van der Waals surface area contributed by atoms with Gasteiger partial charge in [0.25, 0.3) is 5.91 Å². The van der Waals surface area contributed by atoms with Gasteiger partial charge >= 0.3 is 5.97 Å². The number of esters is 1. The molecule has 1 fully saturated rings. The lowest BCUT2D eigenvalue weighted by atomic mass is 10.0. The Morgan fingerprint density at radius 2 is 1.47 bits per heavy atom. The van der Waals surface area contributed by atoms with E-state index in [1.807, 2.05) is 72.8 Å². The molecular weight excluding hydrogens is 731 g/mol. The largest absolute Gasteiger partial charge is 0.467 e. The number of carbonyl (C=O) groups is 3. The minimum atomic E-state index is -0.819. The van der Waals surface area contributed by atoms with Gasteiger partial charge in [-0.2, -0.15) is 0 Å². The lowest BCUT2D eigenvalue weighted by Crippen LogP contribution is -2.30. The van der Waals surface area contributed by atoms with Gasteiger partial charge in [0, 0.05) is 48.0 Å². The number of benzene rings is 3. The van der Waals surface area contributed by atoms with Crippen molar-refractivity contribution in [1.29, 1.82) is 0 Å². The summed E-state index contributed by atoms with van der Waals surface area (Å²) in [6.07, 6.45) is 18.9. The summed E-state index contributed by atoms with van der Waals surface area (Å²) in [5.41, 5.74) is 10.0. The van der Waals surface area contributed by atoms with E-state index in [4.69, 9.17) is 19.3 Å². The number of imidazole rings is 1. The van der Waals surface area contributed by atoms with Crippen LogP contribution in [0.3, 0.4) is 0 Å². The maximum atomic E-state index is 13.0. The first-order valence-corrected chi connectivity index (χ1v) is 20.9. The van der Waals surface area contributed by atoms with E-state index in [1.54, 1.807) is 18.2 Å². The molecule has 11 heteroatoms. The molecule has 3 aromatic carbocycles. The summed E-state index contributed by atoms with van der Waals surface area (Å²) in [7, 11) is 1.32. The van der Waals surface area contributed by atoms with Gasteiger partial charge in [-0.15, -0.1) is 0 Å². The molecule has 2 amide bonds. The van der Waals surface area contributed by atoms with Gasteiger partial charge in [0.15, 0.2) is 0 Å². The molecule has 0 saturated carbocycles. The van der Waals surface area contributed by atoms with Crippen molar-refractivity contribution in [2.24, 2.45) is 0 Å². The summed E-state index contributed by atoms with van der Waals surface area (Å²) in [5, 5.41) is 6.00. The number of carbonyl (C=O) groups excluding carboxylic acids is 3. The van der Waals surface area contributed by atoms with Crippen molar-refractivity contribution in [2.75, 3.05) is 26.8 Å². The number of nitrogens with one attached hydrogen (secondary N) is 4. The summed E-state index contributed by atoms with van der Waals surface area (Å²) in [5.74, 6) is -0.0529. The molecule has 1 saturated heterocycles. The molecule has 0 bridgehead atoms. The van der Waals surface area contributed by atoms with Crippen LogP contribution in [0.1, 0.15) is 105 Å². The fourth-order valence-corrected chi connectivity index (χ4v) is 7.18. The summed E-state index contributed by atoms with van der Waals surface area (Å²) in [6.45, 7) is 4.19. The van der Waals surface area contributed by atoms with Crippen molar-refractivity contribution in [3.63, 3.8) is 0 Å². The Morgan fingerprint density at radius 3 is 2.14 bits per heavy atom. The molecular formula is C47H57N5O6. The van der Waals surface area contributed by atoms with Crippen LogP contribution in [-0.4, -0.2) is 66.8 Å². The van der Waals surface area contributed by atoms with Gasteiger partial charge in [-0.3, -0.25) is 19.9 Å². The number of amides is 2. The summed E-state index contributed by atoms with van der Waals surface area (Å²) < 4.78 is 10.4. The molecule has 2 aliphatic heterocycles. The van der Waals surface area contributed by atoms with Crippen molar-refractivity contribution in [3.05, 3.63) is 102 Å². The Balaban J connectivity index is 1.12. The van der Waals surface area contributed by atoms with Crippen LogP contribution in [0.25, 0.3) is 45.7 Å². The Labute approximate surface area is 342 Å². The number of hydrogen-bond donors (Lipinski definition) is 4. The van der Waals surface area contributed by atoms with Gasteiger partial charge in [-0.25, -0.2) is 9.78 Å². The third-order valence-corrected chi connectivity index (χ3v) is 10.6. The highest BCUT2D eigenvalue weighted by molar-refractivity contribution is 5.95. The number of H-pyrrole nitrogens is 1. The van der Waals surface area contributed by atoms with E-state index >= 15 is 0 Å². The predicted molar refractivity (Wildman–Crippen MR) is 228 cm³/mol. The molecule has 4 aromatic rings. The van der Waals surface area contributed by atoms with Gasteiger partial charge in [0.1, 0.15) is 5.82 Å². The minimum absolute atomic E-state index is 0.0759. The SMILES string of the molecule is CCCCCCCCCCCCNC(=O)c1ccc(-c2nc(-c3ccc(C4=CC(C(=O)OC)ON4)cc3)c(-c3ccc(C=CC(=O)NCC4CCCO4)cc3)[nH]2)cc1. The van der Waals surface area contributed by atoms with Gasteiger partial charge in [-0.05, 0) is 54.7 Å². The van der Waals surface area contributed by atoms with Crippen molar-refractivity contribution in [2.45, 2.75) is 96.2 Å². The second-order valence-electron chi connectivity index (χ2n) is 15.0. The van der Waals surface area contributed by atoms with E-state index in [2.05, 4.69) is 28.0 Å². The Morgan fingerprint density at radius 1 is 0.810 bits per heavy atom. The van der Waals surface area contributed by atoms with Crippen LogP contribution in [0.15, 0.2) is 84.9 Å². The number of nitrogens with zero attached hydrogens (tertiary/aromatic N) is 1. The topological polar surface area (TPSA) is 144 Å². The molecule has 0 radical (unpaired) electrons. The van der Waals surface area contributed by atoms with Crippen molar-refractivity contribution >= 4 is 29.6 Å². The molecule has 2 atom stereocenters. The predicted octanol–water partition coefficient (Wildman–Crippen LogP) is 8.79. The van der Waals surface area contributed by atoms with Crippen LogP contribution in [-0.2, 0) is 23.9 Å². The highest BCUT2D eigenvalue weighted by Crippen LogP contribution is 2.34. The van der Waals surface area contributed by atoms with E-state index in [0.717, 1.165) is 71.5 Å². The minimum Gasteiger partial charge on any atom is -0.467 e. The van der Waals surface area contributed by atoms with Crippen LogP contribution in [0.4, 0.5) is 0 Å². The van der Waals surface area contributed by atoms with Crippen LogP contribution < -0.4 is 16.1 Å². The van der Waals surface area contributed by atoms with Crippen LogP contribution in [0, 0.1) is 0 Å². The number of rotatable bonds is 21. The van der Waals surface area contributed by atoms with Crippen LogP contribution in [0.2, 0.25) is 0 Å². The number of hydrogen-bond acceptors (Lipinski definition) is 8. The first-order valence-electron chi connectivity index (χ1n) is 20.9. The Kier molecular flexibility index (Phi) is 15.9. The Hall–Kier alpha value is -5.52. The van der Waals surface area contributed by atoms with Crippen molar-refractivity contribution < 1.29 is 28.7 Å². The molecule has 3 heterocycles. The molecule has 0 spiro atoms. The molecule has 58 heavy (non-hydrogen) atoms. The first-order chi connectivity index (χ1) is 28.4. The number of unbranched alkanes of at least 4 members (excludes halogenated alkanes) is 9. The van der Waals surface area contributed by atoms with Crippen LogP contribution >= 0.6 is 0 Å². The molecule has 11 nitrogen and oxygen atoms in total. The quantitative estimate of drug-likeness (QED) is 0.0373. The molecule has 1 aromatic heterocycles. The van der Waals surface area contributed by atoms with E-state index < -0.39 is 12.1 Å². The van der Waals surface area contributed by atoms with Crippen LogP contribution in [0.5, 0.6) is 0 Å². The third kappa shape index (κ3) is 12.0. The molecule has 2 aliphatic rings. The fourth-order valence-electron chi connectivity index (χ4n) is 7.18. The summed E-state index contributed by atoms with van der Waals surface area (Å²) in [4.78, 5) is 51.3.